The molecule has 2 heterocycles. The van der Waals surface area contributed by atoms with Crippen LogP contribution in [0.2, 0.25) is 5.02 Å². The van der Waals surface area contributed by atoms with Crippen LogP contribution in [0.4, 0.5) is 0 Å². The standard InChI is InChI=1S/C17H22ClN3O2/c1-22-14-7-6-12(15(18)16(14)23-2)11-21-10-4-3-5-13(21)17-19-8-9-20-17/h6-9,13H,3-5,10-11H2,1-2H3,(H,19,20)/t13-/m1/s1. The van der Waals surface area contributed by atoms with Crippen LogP contribution in [0.1, 0.15) is 36.7 Å². The number of rotatable bonds is 5. The number of imidazole rings is 1. The SMILES string of the molecule is COc1ccc(CN2CCCC[C@@H]2c2ncc[nH]2)c(Cl)c1OC. The van der Waals surface area contributed by atoms with Crippen LogP contribution in [-0.2, 0) is 6.54 Å². The zero-order chi connectivity index (χ0) is 16.2. The van der Waals surface area contributed by atoms with Gasteiger partial charge in [0.2, 0.25) is 0 Å². The molecule has 6 heteroatoms. The topological polar surface area (TPSA) is 50.4 Å². The Morgan fingerprint density at radius 1 is 1.30 bits per heavy atom. The second-order valence-electron chi connectivity index (χ2n) is 5.73. The molecule has 0 aliphatic carbocycles. The summed E-state index contributed by atoms with van der Waals surface area (Å²) in [7, 11) is 3.23. The zero-order valence-corrected chi connectivity index (χ0v) is 14.3. The van der Waals surface area contributed by atoms with E-state index >= 15 is 0 Å². The lowest BCUT2D eigenvalue weighted by atomic mass is 10.0. The van der Waals surface area contributed by atoms with Crippen molar-refractivity contribution in [3.05, 3.63) is 40.9 Å². The molecule has 1 saturated heterocycles. The van der Waals surface area contributed by atoms with Crippen molar-refractivity contribution in [1.29, 1.82) is 0 Å². The molecule has 1 atom stereocenters. The van der Waals surface area contributed by atoms with Gasteiger partial charge >= 0.3 is 0 Å². The Morgan fingerprint density at radius 2 is 2.17 bits per heavy atom. The smallest absolute Gasteiger partial charge is 0.179 e. The van der Waals surface area contributed by atoms with Gasteiger partial charge in [-0.2, -0.15) is 0 Å². The average molecular weight is 336 g/mol. The Morgan fingerprint density at radius 3 is 2.87 bits per heavy atom. The fraction of sp³-hybridized carbons (Fsp3) is 0.471. The van der Waals surface area contributed by atoms with Crippen LogP contribution in [0.3, 0.4) is 0 Å². The Bertz CT molecular complexity index is 646. The molecule has 0 amide bonds. The van der Waals surface area contributed by atoms with E-state index < -0.39 is 0 Å². The van der Waals surface area contributed by atoms with E-state index in [1.165, 1.54) is 12.8 Å². The predicted octanol–water partition coefficient (Wildman–Crippen LogP) is 3.81. The first kappa shape index (κ1) is 16.1. The number of ether oxygens (including phenoxy) is 2. The van der Waals surface area contributed by atoms with Gasteiger partial charge < -0.3 is 14.5 Å². The number of H-pyrrole nitrogens is 1. The number of hydrogen-bond donors (Lipinski definition) is 1. The van der Waals surface area contributed by atoms with Crippen LogP contribution in [0.15, 0.2) is 24.5 Å². The van der Waals surface area contributed by atoms with E-state index in [1.807, 2.05) is 24.5 Å². The van der Waals surface area contributed by atoms with E-state index in [2.05, 4.69) is 14.9 Å². The normalized spacial score (nSPS) is 18.8. The number of nitrogens with zero attached hydrogens (tertiary/aromatic N) is 2. The molecule has 2 aromatic rings. The predicted molar refractivity (Wildman–Crippen MR) is 90.1 cm³/mol. The van der Waals surface area contributed by atoms with Gasteiger partial charge in [0.25, 0.3) is 0 Å². The monoisotopic (exact) mass is 335 g/mol. The summed E-state index contributed by atoms with van der Waals surface area (Å²) in [6.07, 6.45) is 7.22. The van der Waals surface area contributed by atoms with Gasteiger partial charge in [-0.15, -0.1) is 0 Å². The van der Waals surface area contributed by atoms with Crippen molar-refractivity contribution in [1.82, 2.24) is 14.9 Å². The number of piperidine rings is 1. The molecule has 0 saturated carbocycles. The van der Waals surface area contributed by atoms with Gasteiger partial charge in [-0.1, -0.05) is 24.1 Å². The highest BCUT2D eigenvalue weighted by Gasteiger charge is 2.27. The highest BCUT2D eigenvalue weighted by molar-refractivity contribution is 6.33. The largest absolute Gasteiger partial charge is 0.493 e. The van der Waals surface area contributed by atoms with Gasteiger partial charge in [0.15, 0.2) is 11.5 Å². The Hall–Kier alpha value is -1.72. The van der Waals surface area contributed by atoms with Crippen molar-refractivity contribution in [2.45, 2.75) is 31.8 Å². The summed E-state index contributed by atoms with van der Waals surface area (Å²) in [5.74, 6) is 2.28. The first-order valence-electron chi connectivity index (χ1n) is 7.87. The van der Waals surface area contributed by atoms with Crippen LogP contribution < -0.4 is 9.47 Å². The molecule has 1 N–H and O–H groups in total. The summed E-state index contributed by atoms with van der Waals surface area (Å²) >= 11 is 6.53. The molecule has 1 aromatic heterocycles. The number of nitrogens with one attached hydrogen (secondary N) is 1. The summed E-state index contributed by atoms with van der Waals surface area (Å²) in [4.78, 5) is 10.1. The molecule has 1 fully saturated rings. The molecule has 0 spiro atoms. The lowest BCUT2D eigenvalue weighted by Crippen LogP contribution is -2.33. The maximum atomic E-state index is 6.53. The van der Waals surface area contributed by atoms with Gasteiger partial charge in [0.1, 0.15) is 5.82 Å². The van der Waals surface area contributed by atoms with Crippen molar-refractivity contribution in [2.75, 3.05) is 20.8 Å². The summed E-state index contributed by atoms with van der Waals surface area (Å²) in [6.45, 7) is 1.81. The summed E-state index contributed by atoms with van der Waals surface area (Å²) < 4.78 is 10.7. The van der Waals surface area contributed by atoms with Gasteiger partial charge in [0, 0.05) is 18.9 Å². The van der Waals surface area contributed by atoms with Gasteiger partial charge in [-0.25, -0.2) is 4.98 Å². The number of likely N-dealkylation sites (tertiary alicyclic amines) is 1. The number of halogens is 1. The molecule has 1 aliphatic heterocycles. The summed E-state index contributed by atoms with van der Waals surface area (Å²) in [6, 6.07) is 4.23. The minimum atomic E-state index is 0.308. The number of methoxy groups -OCH3 is 2. The van der Waals surface area contributed by atoms with Crippen LogP contribution >= 0.6 is 11.6 Å². The number of hydrogen-bond acceptors (Lipinski definition) is 4. The van der Waals surface area contributed by atoms with Gasteiger partial charge in [-0.3, -0.25) is 4.90 Å². The summed E-state index contributed by atoms with van der Waals surface area (Å²) in [5, 5.41) is 0.621. The third kappa shape index (κ3) is 3.31. The molecule has 3 rings (SSSR count). The van der Waals surface area contributed by atoms with Crippen LogP contribution in [0.25, 0.3) is 0 Å². The molecule has 1 aliphatic rings. The molecule has 5 nitrogen and oxygen atoms in total. The van der Waals surface area contributed by atoms with Crippen molar-refractivity contribution >= 4 is 11.6 Å². The Balaban J connectivity index is 1.85. The minimum Gasteiger partial charge on any atom is -0.493 e. The molecular formula is C17H22ClN3O2. The molecular weight excluding hydrogens is 314 g/mol. The van der Waals surface area contributed by atoms with Crippen molar-refractivity contribution in [3.63, 3.8) is 0 Å². The third-order valence-electron chi connectivity index (χ3n) is 4.39. The van der Waals surface area contributed by atoms with E-state index in [-0.39, 0.29) is 0 Å². The number of aromatic amines is 1. The highest BCUT2D eigenvalue weighted by atomic mass is 35.5. The molecule has 1 aromatic carbocycles. The van der Waals surface area contributed by atoms with E-state index in [4.69, 9.17) is 21.1 Å². The van der Waals surface area contributed by atoms with E-state index in [9.17, 15) is 0 Å². The van der Waals surface area contributed by atoms with Crippen molar-refractivity contribution in [3.8, 4) is 11.5 Å². The number of benzene rings is 1. The second-order valence-corrected chi connectivity index (χ2v) is 6.11. The maximum absolute atomic E-state index is 6.53. The fourth-order valence-electron chi connectivity index (χ4n) is 3.22. The van der Waals surface area contributed by atoms with E-state index in [0.717, 1.165) is 30.9 Å². The highest BCUT2D eigenvalue weighted by Crippen LogP contribution is 2.39. The Labute approximate surface area is 141 Å². The fourth-order valence-corrected chi connectivity index (χ4v) is 3.51. The summed E-state index contributed by atoms with van der Waals surface area (Å²) in [5.41, 5.74) is 1.04. The Kier molecular flexibility index (Phi) is 5.08. The van der Waals surface area contributed by atoms with Gasteiger partial charge in [0.05, 0.1) is 25.3 Å². The lowest BCUT2D eigenvalue weighted by Gasteiger charge is -2.34. The molecule has 23 heavy (non-hydrogen) atoms. The average Bonchev–Trinajstić information content (AvgIpc) is 3.11. The number of aromatic nitrogens is 2. The second kappa shape index (κ2) is 7.23. The molecule has 0 radical (unpaired) electrons. The first-order valence-corrected chi connectivity index (χ1v) is 8.25. The van der Waals surface area contributed by atoms with Crippen LogP contribution in [0.5, 0.6) is 11.5 Å². The molecule has 0 bridgehead atoms. The zero-order valence-electron chi connectivity index (χ0n) is 13.5. The van der Waals surface area contributed by atoms with Crippen LogP contribution in [0, 0.1) is 0 Å². The first-order chi connectivity index (χ1) is 11.2. The van der Waals surface area contributed by atoms with Gasteiger partial charge in [-0.05, 0) is 31.0 Å². The minimum absolute atomic E-state index is 0.308. The van der Waals surface area contributed by atoms with Crippen molar-refractivity contribution in [2.24, 2.45) is 0 Å². The lowest BCUT2D eigenvalue weighted by molar-refractivity contribution is 0.134. The molecule has 0 unspecified atom stereocenters. The molecule has 124 valence electrons. The maximum Gasteiger partial charge on any atom is 0.179 e. The van der Waals surface area contributed by atoms with E-state index in [1.54, 1.807) is 14.2 Å². The van der Waals surface area contributed by atoms with E-state index in [0.29, 0.717) is 22.6 Å². The van der Waals surface area contributed by atoms with Crippen LogP contribution in [-0.4, -0.2) is 35.6 Å². The third-order valence-corrected chi connectivity index (χ3v) is 4.80. The quantitative estimate of drug-likeness (QED) is 0.902. The van der Waals surface area contributed by atoms with Crippen molar-refractivity contribution < 1.29 is 9.47 Å².